The Bertz CT molecular complexity index is 856. The molecule has 1 atom stereocenters. The number of carbonyl (C=O) groups excluding carboxylic acids is 1. The van der Waals surface area contributed by atoms with E-state index in [1.54, 1.807) is 24.3 Å². The highest BCUT2D eigenvalue weighted by atomic mass is 35.5. The molecule has 4 N–H and O–H groups in total. The maximum Gasteiger partial charge on any atom is 0.269 e. The van der Waals surface area contributed by atoms with E-state index in [0.717, 1.165) is 19.3 Å². The smallest absolute Gasteiger partial charge is 0.269 e. The predicted molar refractivity (Wildman–Crippen MR) is 116 cm³/mol. The molecule has 0 heterocycles. The van der Waals surface area contributed by atoms with E-state index >= 15 is 0 Å². The van der Waals surface area contributed by atoms with Crippen molar-refractivity contribution in [2.75, 3.05) is 0 Å². The van der Waals surface area contributed by atoms with Gasteiger partial charge in [0.05, 0.1) is 6.07 Å². The van der Waals surface area contributed by atoms with Gasteiger partial charge < -0.3 is 11.1 Å². The molecule has 0 unspecified atom stereocenters. The lowest BCUT2D eigenvalue weighted by Gasteiger charge is -2.56. The lowest BCUT2D eigenvalue weighted by Crippen LogP contribution is -2.61. The van der Waals surface area contributed by atoms with Crippen LogP contribution in [0.2, 0.25) is 5.02 Å². The first kappa shape index (κ1) is 20.1. The van der Waals surface area contributed by atoms with Gasteiger partial charge in [0.1, 0.15) is 11.6 Å². The van der Waals surface area contributed by atoms with E-state index in [9.17, 15) is 10.1 Å². The van der Waals surface area contributed by atoms with Gasteiger partial charge in [-0.15, -0.1) is 0 Å². The summed E-state index contributed by atoms with van der Waals surface area (Å²) in [6.45, 7) is 0. The van der Waals surface area contributed by atoms with Gasteiger partial charge in [-0.1, -0.05) is 23.7 Å². The lowest BCUT2D eigenvalue weighted by atomic mass is 9.53. The average molecular weight is 430 g/mol. The van der Waals surface area contributed by atoms with Crippen LogP contribution in [0.15, 0.2) is 29.4 Å². The van der Waals surface area contributed by atoms with E-state index in [2.05, 4.69) is 21.9 Å². The molecule has 29 heavy (non-hydrogen) atoms. The topological polar surface area (TPSA) is 103 Å². The summed E-state index contributed by atoms with van der Waals surface area (Å²) in [5, 5.41) is 17.7. The van der Waals surface area contributed by atoms with Gasteiger partial charge in [-0.2, -0.15) is 10.4 Å². The molecule has 4 aliphatic rings. The van der Waals surface area contributed by atoms with Gasteiger partial charge in [-0.3, -0.25) is 10.2 Å². The fraction of sp³-hybridized carbons (Fsp3) is 0.524. The van der Waals surface area contributed by atoms with Crippen LogP contribution in [0.3, 0.4) is 0 Å². The second-order valence-corrected chi connectivity index (χ2v) is 9.62. The Morgan fingerprint density at radius 3 is 2.24 bits per heavy atom. The number of carbonyl (C=O) groups is 1. The van der Waals surface area contributed by atoms with Gasteiger partial charge in [0.25, 0.3) is 5.91 Å². The Balaban J connectivity index is 1.60. The van der Waals surface area contributed by atoms with E-state index in [-0.39, 0.29) is 22.3 Å². The Morgan fingerprint density at radius 2 is 1.76 bits per heavy atom. The Morgan fingerprint density at radius 1 is 1.21 bits per heavy atom. The molecule has 1 aromatic rings. The van der Waals surface area contributed by atoms with E-state index in [1.165, 1.54) is 19.3 Å². The number of nitriles is 1. The van der Waals surface area contributed by atoms with E-state index < -0.39 is 5.92 Å². The summed E-state index contributed by atoms with van der Waals surface area (Å²) in [5.74, 6) is 0.888. The molecule has 152 valence electrons. The Labute approximate surface area is 180 Å². The largest absolute Gasteiger partial charge is 0.375 e. The number of thiocarbonyl (C=S) groups is 1. The summed E-state index contributed by atoms with van der Waals surface area (Å²) in [4.78, 5) is 13.3. The van der Waals surface area contributed by atoms with Gasteiger partial charge in [-0.25, -0.2) is 0 Å². The Kier molecular flexibility index (Phi) is 5.50. The van der Waals surface area contributed by atoms with Gasteiger partial charge in [0.15, 0.2) is 5.11 Å². The molecule has 5 rings (SSSR count). The van der Waals surface area contributed by atoms with Crippen LogP contribution >= 0.6 is 23.8 Å². The summed E-state index contributed by atoms with van der Waals surface area (Å²) in [7, 11) is 0. The molecule has 4 fully saturated rings. The van der Waals surface area contributed by atoms with Crippen molar-refractivity contribution in [3.8, 4) is 6.07 Å². The minimum Gasteiger partial charge on any atom is -0.375 e. The molecule has 0 radical (unpaired) electrons. The number of hydrogen-bond donors (Lipinski definition) is 3. The van der Waals surface area contributed by atoms with Crippen LogP contribution in [0.1, 0.15) is 50.0 Å². The number of hydrazone groups is 1. The number of hydrogen-bond acceptors (Lipinski definition) is 4. The van der Waals surface area contributed by atoms with Crippen LogP contribution in [0.4, 0.5) is 0 Å². The van der Waals surface area contributed by atoms with E-state index in [1.807, 2.05) is 0 Å². The quantitative estimate of drug-likeness (QED) is 0.378. The molecule has 4 aliphatic carbocycles. The second-order valence-electron chi connectivity index (χ2n) is 8.74. The number of nitrogens with one attached hydrogen (secondary N) is 2. The van der Waals surface area contributed by atoms with Crippen molar-refractivity contribution in [3.05, 3.63) is 34.9 Å². The third kappa shape index (κ3) is 4.24. The second kappa shape index (κ2) is 7.92. The standard InChI is InChI=1S/C21H24ClN5OS/c22-16-3-1-15(2-4-16)17(11-23)18(26-27-20(24)29)19(28)25-21-8-12-5-13(9-21)7-14(6-12)10-21/h1-4,12-14,17H,5-10H2,(H,25,28)(H3,24,27,29)/b26-18-/t12?,13?,14?,17-,21?/m1/s1. The van der Waals surface area contributed by atoms with Gasteiger partial charge in [-0.05, 0) is 86.2 Å². The summed E-state index contributed by atoms with van der Waals surface area (Å²) >= 11 is 10.8. The molecule has 1 aromatic carbocycles. The zero-order chi connectivity index (χ0) is 20.6. The number of nitrogens with two attached hydrogens (primary N) is 1. The number of rotatable bonds is 5. The molecular formula is C21H24ClN5OS. The monoisotopic (exact) mass is 429 g/mol. The molecule has 1 amide bonds. The average Bonchev–Trinajstić information content (AvgIpc) is 2.64. The summed E-state index contributed by atoms with van der Waals surface area (Å²) in [5.41, 5.74) is 8.52. The predicted octanol–water partition coefficient (Wildman–Crippen LogP) is 3.22. The van der Waals surface area contributed by atoms with Crippen molar-refractivity contribution in [2.45, 2.75) is 50.0 Å². The van der Waals surface area contributed by atoms with Crippen molar-refractivity contribution in [2.24, 2.45) is 28.6 Å². The minimum atomic E-state index is -0.858. The lowest BCUT2D eigenvalue weighted by molar-refractivity contribution is -0.120. The third-order valence-corrected chi connectivity index (χ3v) is 6.89. The van der Waals surface area contributed by atoms with Crippen molar-refractivity contribution in [1.29, 1.82) is 5.26 Å². The highest BCUT2D eigenvalue weighted by Gasteiger charge is 2.52. The molecular weight excluding hydrogens is 406 g/mol. The number of nitrogens with zero attached hydrogens (tertiary/aromatic N) is 2. The normalized spacial score (nSPS) is 31.0. The van der Waals surface area contributed by atoms with Gasteiger partial charge >= 0.3 is 0 Å². The zero-order valence-corrected chi connectivity index (χ0v) is 17.6. The van der Waals surface area contributed by atoms with E-state index in [0.29, 0.717) is 28.3 Å². The maximum absolute atomic E-state index is 13.3. The van der Waals surface area contributed by atoms with Crippen molar-refractivity contribution in [1.82, 2.24) is 10.7 Å². The first-order valence-corrected chi connectivity index (χ1v) is 10.8. The molecule has 6 nitrogen and oxygen atoms in total. The SMILES string of the molecule is N#C[C@@H](/C(=N/NC(N)=S)C(=O)NC12CC3CC(CC(C3)C1)C2)c1ccc(Cl)cc1. The first-order chi connectivity index (χ1) is 13.9. The molecule has 0 aromatic heterocycles. The summed E-state index contributed by atoms with van der Waals surface area (Å²) in [6, 6.07) is 9.03. The zero-order valence-electron chi connectivity index (χ0n) is 16.0. The minimum absolute atomic E-state index is 0.0575. The van der Waals surface area contributed by atoms with Crippen LogP contribution in [-0.4, -0.2) is 22.3 Å². The highest BCUT2D eigenvalue weighted by molar-refractivity contribution is 7.80. The van der Waals surface area contributed by atoms with Crippen LogP contribution in [0.5, 0.6) is 0 Å². The number of amides is 1. The van der Waals surface area contributed by atoms with Crippen LogP contribution in [0.25, 0.3) is 0 Å². The molecule has 4 saturated carbocycles. The summed E-state index contributed by atoms with van der Waals surface area (Å²) < 4.78 is 0. The fourth-order valence-corrected chi connectivity index (χ4v) is 6.05. The van der Waals surface area contributed by atoms with Crippen LogP contribution in [-0.2, 0) is 4.79 Å². The van der Waals surface area contributed by atoms with Crippen LogP contribution < -0.4 is 16.5 Å². The number of benzene rings is 1. The molecule has 0 aliphatic heterocycles. The molecule has 8 heteroatoms. The highest BCUT2D eigenvalue weighted by Crippen LogP contribution is 2.55. The molecule has 0 spiro atoms. The van der Waals surface area contributed by atoms with Gasteiger partial charge in [0, 0.05) is 10.6 Å². The van der Waals surface area contributed by atoms with E-state index in [4.69, 9.17) is 29.6 Å². The fourth-order valence-electron chi connectivity index (χ4n) is 5.88. The molecule has 0 saturated heterocycles. The Hall–Kier alpha value is -2.17. The van der Waals surface area contributed by atoms with Gasteiger partial charge in [0.2, 0.25) is 0 Å². The first-order valence-electron chi connectivity index (χ1n) is 9.98. The third-order valence-electron chi connectivity index (χ3n) is 6.54. The van der Waals surface area contributed by atoms with Crippen molar-refractivity contribution in [3.63, 3.8) is 0 Å². The van der Waals surface area contributed by atoms with Crippen molar-refractivity contribution < 1.29 is 4.79 Å². The van der Waals surface area contributed by atoms with Crippen molar-refractivity contribution >= 4 is 40.6 Å². The van der Waals surface area contributed by atoms with Crippen LogP contribution in [0, 0.1) is 29.1 Å². The summed E-state index contributed by atoms with van der Waals surface area (Å²) in [6.07, 6.45) is 6.89. The number of halogens is 1. The molecule has 4 bridgehead atoms. The maximum atomic E-state index is 13.3.